The van der Waals surface area contributed by atoms with Gasteiger partial charge in [0.05, 0.1) is 14.2 Å². The zero-order valence-corrected chi connectivity index (χ0v) is 14.9. The number of hydrogen-bond donors (Lipinski definition) is 1. The van der Waals surface area contributed by atoms with Gasteiger partial charge in [0, 0.05) is 11.3 Å². The molecule has 0 saturated carbocycles. The summed E-state index contributed by atoms with van der Waals surface area (Å²) < 4.78 is 10.8. The van der Waals surface area contributed by atoms with Gasteiger partial charge in [0.2, 0.25) is 0 Å². The van der Waals surface area contributed by atoms with Crippen LogP contribution in [-0.4, -0.2) is 19.2 Å². The van der Waals surface area contributed by atoms with Gasteiger partial charge in [-0.1, -0.05) is 19.4 Å². The number of nitrogen functional groups attached to an aromatic ring is 1. The Bertz CT molecular complexity index is 840. The largest absolute Gasteiger partial charge is 0.493 e. The normalized spacial score (nSPS) is 16.0. The SMILES string of the molecule is CCC1CCc2nc(N)c(C#N)c(-c3ccc(OC)c(OC)c3)c2C1. The second kappa shape index (κ2) is 7.02. The summed E-state index contributed by atoms with van der Waals surface area (Å²) >= 11 is 0. The number of aromatic nitrogens is 1. The van der Waals surface area contributed by atoms with E-state index in [-0.39, 0.29) is 0 Å². The highest BCUT2D eigenvalue weighted by Crippen LogP contribution is 2.40. The molecule has 1 aliphatic carbocycles. The van der Waals surface area contributed by atoms with Gasteiger partial charge in [-0.3, -0.25) is 0 Å². The first-order chi connectivity index (χ1) is 12.1. The maximum absolute atomic E-state index is 9.69. The number of aryl methyl sites for hydroxylation is 1. The summed E-state index contributed by atoms with van der Waals surface area (Å²) in [4.78, 5) is 4.52. The third-order valence-corrected chi connectivity index (χ3v) is 5.06. The summed E-state index contributed by atoms with van der Waals surface area (Å²) in [6.07, 6.45) is 4.08. The van der Waals surface area contributed by atoms with Crippen molar-refractivity contribution in [1.82, 2.24) is 4.98 Å². The van der Waals surface area contributed by atoms with Crippen LogP contribution in [-0.2, 0) is 12.8 Å². The molecule has 0 spiro atoms. The van der Waals surface area contributed by atoms with Gasteiger partial charge >= 0.3 is 0 Å². The molecule has 0 aliphatic heterocycles. The minimum absolute atomic E-state index is 0.306. The van der Waals surface area contributed by atoms with E-state index in [9.17, 15) is 5.26 Å². The first-order valence-electron chi connectivity index (χ1n) is 8.56. The highest BCUT2D eigenvalue weighted by Gasteiger charge is 2.26. The third-order valence-electron chi connectivity index (χ3n) is 5.06. The van der Waals surface area contributed by atoms with Crippen molar-refractivity contribution in [2.75, 3.05) is 20.0 Å². The molecule has 1 atom stereocenters. The molecule has 0 radical (unpaired) electrons. The van der Waals surface area contributed by atoms with Crippen LogP contribution in [0.3, 0.4) is 0 Å². The monoisotopic (exact) mass is 337 g/mol. The predicted molar refractivity (Wildman–Crippen MR) is 97.7 cm³/mol. The molecule has 1 aliphatic rings. The van der Waals surface area contributed by atoms with Crippen molar-refractivity contribution in [1.29, 1.82) is 5.26 Å². The number of rotatable bonds is 4. The van der Waals surface area contributed by atoms with Crippen molar-refractivity contribution in [3.8, 4) is 28.7 Å². The van der Waals surface area contributed by atoms with Crippen LogP contribution in [0.15, 0.2) is 18.2 Å². The van der Waals surface area contributed by atoms with Crippen molar-refractivity contribution in [3.63, 3.8) is 0 Å². The van der Waals surface area contributed by atoms with Crippen LogP contribution in [0.1, 0.15) is 36.6 Å². The summed E-state index contributed by atoms with van der Waals surface area (Å²) in [6.45, 7) is 2.21. The Hall–Kier alpha value is -2.74. The van der Waals surface area contributed by atoms with Crippen molar-refractivity contribution in [2.24, 2.45) is 5.92 Å². The van der Waals surface area contributed by atoms with E-state index in [1.54, 1.807) is 14.2 Å². The summed E-state index contributed by atoms with van der Waals surface area (Å²) in [5, 5.41) is 9.69. The number of nitrogens with two attached hydrogens (primary N) is 1. The van der Waals surface area contributed by atoms with Gasteiger partial charge in [-0.05, 0) is 48.4 Å². The minimum atomic E-state index is 0.306. The molecule has 0 fully saturated rings. The van der Waals surface area contributed by atoms with Gasteiger partial charge in [-0.25, -0.2) is 4.98 Å². The molecule has 0 bridgehead atoms. The zero-order valence-electron chi connectivity index (χ0n) is 14.9. The van der Waals surface area contributed by atoms with Gasteiger partial charge in [0.15, 0.2) is 11.5 Å². The van der Waals surface area contributed by atoms with E-state index < -0.39 is 0 Å². The van der Waals surface area contributed by atoms with E-state index in [2.05, 4.69) is 18.0 Å². The number of nitrogens with zero attached hydrogens (tertiary/aromatic N) is 2. The Kier molecular flexibility index (Phi) is 4.80. The predicted octanol–water partition coefficient (Wildman–Crippen LogP) is 3.73. The van der Waals surface area contributed by atoms with Crippen LogP contribution in [0.25, 0.3) is 11.1 Å². The van der Waals surface area contributed by atoms with Crippen LogP contribution in [0.5, 0.6) is 11.5 Å². The zero-order chi connectivity index (χ0) is 18.0. The Morgan fingerprint density at radius 2 is 2.04 bits per heavy atom. The topological polar surface area (TPSA) is 81.2 Å². The molecule has 130 valence electrons. The van der Waals surface area contributed by atoms with Crippen molar-refractivity contribution in [2.45, 2.75) is 32.6 Å². The Morgan fingerprint density at radius 3 is 2.68 bits per heavy atom. The lowest BCUT2D eigenvalue weighted by Crippen LogP contribution is -2.18. The molecule has 1 heterocycles. The molecule has 5 heteroatoms. The standard InChI is InChI=1S/C20H23N3O2/c1-4-12-5-7-16-14(9-12)19(15(11-21)20(22)23-16)13-6-8-17(24-2)18(10-13)25-3/h6,8,10,12H,4-5,7,9H2,1-3H3,(H2,22,23). The number of pyridine rings is 1. The fraction of sp³-hybridized carbons (Fsp3) is 0.400. The number of nitriles is 1. The first-order valence-corrected chi connectivity index (χ1v) is 8.56. The molecule has 1 aromatic heterocycles. The molecule has 5 nitrogen and oxygen atoms in total. The van der Waals surface area contributed by atoms with E-state index in [0.717, 1.165) is 48.1 Å². The average Bonchev–Trinajstić information content (AvgIpc) is 2.65. The number of ether oxygens (including phenoxy) is 2. The molecular weight excluding hydrogens is 314 g/mol. The maximum atomic E-state index is 9.69. The number of fused-ring (bicyclic) bond motifs is 1. The molecule has 2 aromatic rings. The first kappa shape index (κ1) is 17.1. The lowest BCUT2D eigenvalue weighted by molar-refractivity contribution is 0.355. The van der Waals surface area contributed by atoms with E-state index in [0.29, 0.717) is 28.8 Å². The van der Waals surface area contributed by atoms with Gasteiger partial charge < -0.3 is 15.2 Å². The van der Waals surface area contributed by atoms with Gasteiger partial charge in [0.25, 0.3) is 0 Å². The second-order valence-electron chi connectivity index (χ2n) is 6.37. The molecule has 3 rings (SSSR count). The highest BCUT2D eigenvalue weighted by atomic mass is 16.5. The van der Waals surface area contributed by atoms with Gasteiger partial charge in [-0.15, -0.1) is 0 Å². The van der Waals surface area contributed by atoms with Crippen molar-refractivity contribution in [3.05, 3.63) is 35.0 Å². The van der Waals surface area contributed by atoms with E-state index in [1.807, 2.05) is 18.2 Å². The van der Waals surface area contributed by atoms with Gasteiger partial charge in [0.1, 0.15) is 17.5 Å². The molecule has 1 aromatic carbocycles. The lowest BCUT2D eigenvalue weighted by atomic mass is 9.80. The smallest absolute Gasteiger partial charge is 0.161 e. The molecule has 25 heavy (non-hydrogen) atoms. The third kappa shape index (κ3) is 3.00. The fourth-order valence-electron chi connectivity index (χ4n) is 3.62. The summed E-state index contributed by atoms with van der Waals surface area (Å²) in [7, 11) is 3.21. The Morgan fingerprint density at radius 1 is 1.28 bits per heavy atom. The van der Waals surface area contributed by atoms with Gasteiger partial charge in [-0.2, -0.15) is 5.26 Å². The molecule has 2 N–H and O–H groups in total. The minimum Gasteiger partial charge on any atom is -0.493 e. The van der Waals surface area contributed by atoms with E-state index in [1.165, 1.54) is 0 Å². The summed E-state index contributed by atoms with van der Waals surface area (Å²) in [6, 6.07) is 7.97. The lowest BCUT2D eigenvalue weighted by Gasteiger charge is -2.26. The van der Waals surface area contributed by atoms with Crippen LogP contribution >= 0.6 is 0 Å². The van der Waals surface area contributed by atoms with Crippen LogP contribution in [0.2, 0.25) is 0 Å². The Balaban J connectivity index is 2.24. The number of anilines is 1. The second-order valence-corrected chi connectivity index (χ2v) is 6.37. The average molecular weight is 337 g/mol. The number of benzene rings is 1. The molecular formula is C20H23N3O2. The van der Waals surface area contributed by atoms with Crippen LogP contribution < -0.4 is 15.2 Å². The molecule has 0 amide bonds. The molecule has 1 unspecified atom stereocenters. The van der Waals surface area contributed by atoms with Crippen molar-refractivity contribution < 1.29 is 9.47 Å². The fourth-order valence-corrected chi connectivity index (χ4v) is 3.62. The van der Waals surface area contributed by atoms with E-state index in [4.69, 9.17) is 15.2 Å². The van der Waals surface area contributed by atoms with E-state index >= 15 is 0 Å². The highest BCUT2D eigenvalue weighted by molar-refractivity contribution is 5.80. The Labute approximate surface area is 148 Å². The number of methoxy groups -OCH3 is 2. The number of hydrogen-bond acceptors (Lipinski definition) is 5. The maximum Gasteiger partial charge on any atom is 0.161 e. The molecule has 0 saturated heterocycles. The summed E-state index contributed by atoms with van der Waals surface area (Å²) in [5.74, 6) is 2.22. The quantitative estimate of drug-likeness (QED) is 0.919. The van der Waals surface area contributed by atoms with Crippen LogP contribution in [0.4, 0.5) is 5.82 Å². The van der Waals surface area contributed by atoms with Crippen LogP contribution in [0, 0.1) is 17.2 Å². The summed E-state index contributed by atoms with van der Waals surface area (Å²) in [5.41, 5.74) is 10.5. The van der Waals surface area contributed by atoms with Crippen molar-refractivity contribution >= 4 is 5.82 Å².